The predicted octanol–water partition coefficient (Wildman–Crippen LogP) is 0.756. The van der Waals surface area contributed by atoms with E-state index in [0.29, 0.717) is 11.8 Å². The van der Waals surface area contributed by atoms with Gasteiger partial charge in [0.2, 0.25) is 0 Å². The second kappa shape index (κ2) is 3.91. The molecule has 1 aromatic carbocycles. The van der Waals surface area contributed by atoms with Crippen molar-refractivity contribution in [3.8, 4) is 0 Å². The van der Waals surface area contributed by atoms with Crippen LogP contribution in [0.2, 0.25) is 0 Å². The van der Waals surface area contributed by atoms with Crippen molar-refractivity contribution in [3.63, 3.8) is 0 Å². The van der Waals surface area contributed by atoms with Crippen molar-refractivity contribution in [1.29, 1.82) is 0 Å². The van der Waals surface area contributed by atoms with Crippen LogP contribution in [0.25, 0.3) is 10.8 Å². The molecule has 0 saturated carbocycles. The van der Waals surface area contributed by atoms with Crippen molar-refractivity contribution in [2.45, 2.75) is 12.5 Å². The van der Waals surface area contributed by atoms with Crippen LogP contribution in [0, 0.1) is 0 Å². The third-order valence-electron chi connectivity index (χ3n) is 3.27. The van der Waals surface area contributed by atoms with Crippen molar-refractivity contribution in [3.05, 3.63) is 40.8 Å². The van der Waals surface area contributed by atoms with E-state index in [9.17, 15) is 13.2 Å². The molecule has 2 aromatic rings. The number of hydrogen-bond acceptors (Lipinski definition) is 4. The molecule has 1 unspecified atom stereocenters. The average Bonchev–Trinajstić information content (AvgIpc) is 2.70. The van der Waals surface area contributed by atoms with Gasteiger partial charge in [0.25, 0.3) is 5.56 Å². The van der Waals surface area contributed by atoms with Gasteiger partial charge in [-0.15, -0.1) is 0 Å². The zero-order valence-electron chi connectivity index (χ0n) is 9.61. The number of fused-ring (bicyclic) bond motifs is 1. The van der Waals surface area contributed by atoms with Gasteiger partial charge in [-0.3, -0.25) is 4.79 Å². The van der Waals surface area contributed by atoms with Crippen molar-refractivity contribution in [2.24, 2.45) is 0 Å². The third kappa shape index (κ3) is 1.82. The average molecular weight is 264 g/mol. The molecule has 3 rings (SSSR count). The quantitative estimate of drug-likeness (QED) is 0.762. The fraction of sp³-hybridized carbons (Fsp3) is 0.333. The number of benzene rings is 1. The molecule has 1 saturated heterocycles. The van der Waals surface area contributed by atoms with Gasteiger partial charge in [0.1, 0.15) is 0 Å². The molecule has 1 fully saturated rings. The molecule has 2 heterocycles. The smallest absolute Gasteiger partial charge is 0.267 e. The lowest BCUT2D eigenvalue weighted by atomic mass is 10.2. The number of sulfone groups is 1. The molecule has 1 aliphatic rings. The Labute approximate surface area is 104 Å². The minimum absolute atomic E-state index is 0.0121. The highest BCUT2D eigenvalue weighted by molar-refractivity contribution is 7.91. The second-order valence-electron chi connectivity index (χ2n) is 4.54. The van der Waals surface area contributed by atoms with Gasteiger partial charge >= 0.3 is 0 Å². The lowest BCUT2D eigenvalue weighted by molar-refractivity contribution is 0.478. The summed E-state index contributed by atoms with van der Waals surface area (Å²) < 4.78 is 24.2. The Morgan fingerprint density at radius 1 is 1.28 bits per heavy atom. The molecule has 0 N–H and O–H groups in total. The van der Waals surface area contributed by atoms with Gasteiger partial charge in [0, 0.05) is 5.39 Å². The standard InChI is InChI=1S/C12H12N2O3S/c15-12-11-4-2-1-3-9(11)7-13-14(12)10-5-6-18(16,17)8-10/h1-4,7,10H,5-6,8H2. The minimum atomic E-state index is -3.01. The number of rotatable bonds is 1. The van der Waals surface area contributed by atoms with E-state index in [1.54, 1.807) is 18.3 Å². The fourth-order valence-electron chi connectivity index (χ4n) is 2.33. The first-order valence-electron chi connectivity index (χ1n) is 5.74. The maximum Gasteiger partial charge on any atom is 0.274 e. The van der Waals surface area contributed by atoms with Crippen LogP contribution in [-0.4, -0.2) is 29.7 Å². The van der Waals surface area contributed by atoms with Crippen LogP contribution in [0.4, 0.5) is 0 Å². The SMILES string of the molecule is O=c1c2ccccc2cnn1C1CCS(=O)(=O)C1. The Kier molecular flexibility index (Phi) is 2.48. The maximum atomic E-state index is 12.2. The highest BCUT2D eigenvalue weighted by atomic mass is 32.2. The summed E-state index contributed by atoms with van der Waals surface area (Å²) in [5.74, 6) is 0.150. The van der Waals surface area contributed by atoms with Gasteiger partial charge < -0.3 is 0 Å². The Hall–Kier alpha value is -1.69. The summed E-state index contributed by atoms with van der Waals surface area (Å²) in [5.41, 5.74) is -0.213. The van der Waals surface area contributed by atoms with Crippen molar-refractivity contribution >= 4 is 20.6 Å². The Morgan fingerprint density at radius 3 is 2.78 bits per heavy atom. The van der Waals surface area contributed by atoms with Gasteiger partial charge in [0.15, 0.2) is 9.84 Å². The molecule has 94 valence electrons. The molecule has 6 heteroatoms. The van der Waals surface area contributed by atoms with Gasteiger partial charge in [-0.25, -0.2) is 13.1 Å². The first kappa shape index (κ1) is 11.4. The molecule has 18 heavy (non-hydrogen) atoms. The lowest BCUT2D eigenvalue weighted by Gasteiger charge is -2.11. The summed E-state index contributed by atoms with van der Waals surface area (Å²) >= 11 is 0. The first-order valence-corrected chi connectivity index (χ1v) is 7.56. The normalized spacial score (nSPS) is 22.3. The van der Waals surface area contributed by atoms with Crippen LogP contribution >= 0.6 is 0 Å². The fourth-order valence-corrected chi connectivity index (χ4v) is 4.02. The zero-order valence-corrected chi connectivity index (χ0v) is 10.4. The Balaban J connectivity index is 2.14. The van der Waals surface area contributed by atoms with Gasteiger partial charge in [-0.1, -0.05) is 18.2 Å². The van der Waals surface area contributed by atoms with E-state index < -0.39 is 9.84 Å². The van der Waals surface area contributed by atoms with Crippen LogP contribution in [0.3, 0.4) is 0 Å². The molecule has 1 atom stereocenters. The van der Waals surface area contributed by atoms with E-state index >= 15 is 0 Å². The van der Waals surface area contributed by atoms with Crippen molar-refractivity contribution < 1.29 is 8.42 Å². The minimum Gasteiger partial charge on any atom is -0.267 e. The molecule has 1 aliphatic heterocycles. The summed E-state index contributed by atoms with van der Waals surface area (Å²) in [5, 5.41) is 5.45. The van der Waals surface area contributed by atoms with Gasteiger partial charge in [-0.2, -0.15) is 5.10 Å². The number of hydrogen-bond donors (Lipinski definition) is 0. The molecule has 0 bridgehead atoms. The highest BCUT2D eigenvalue weighted by Crippen LogP contribution is 2.21. The molecule has 0 amide bonds. The van der Waals surface area contributed by atoms with E-state index in [1.165, 1.54) is 4.68 Å². The largest absolute Gasteiger partial charge is 0.274 e. The summed E-state index contributed by atoms with van der Waals surface area (Å²) in [6, 6.07) is 6.86. The monoisotopic (exact) mass is 264 g/mol. The second-order valence-corrected chi connectivity index (χ2v) is 6.77. The van der Waals surface area contributed by atoms with Gasteiger partial charge in [-0.05, 0) is 12.5 Å². The molecular weight excluding hydrogens is 252 g/mol. The topological polar surface area (TPSA) is 69.0 Å². The van der Waals surface area contributed by atoms with Crippen molar-refractivity contribution in [1.82, 2.24) is 9.78 Å². The van der Waals surface area contributed by atoms with E-state index in [2.05, 4.69) is 5.10 Å². The van der Waals surface area contributed by atoms with Crippen LogP contribution in [0.1, 0.15) is 12.5 Å². The molecule has 0 radical (unpaired) electrons. The lowest BCUT2D eigenvalue weighted by Crippen LogP contribution is -2.27. The van der Waals surface area contributed by atoms with E-state index in [-0.39, 0.29) is 23.1 Å². The molecule has 0 spiro atoms. The van der Waals surface area contributed by atoms with Crippen molar-refractivity contribution in [2.75, 3.05) is 11.5 Å². The van der Waals surface area contributed by atoms with Crippen LogP contribution in [-0.2, 0) is 9.84 Å². The molecule has 5 nitrogen and oxygen atoms in total. The van der Waals surface area contributed by atoms with Crippen LogP contribution in [0.15, 0.2) is 35.3 Å². The Morgan fingerprint density at radius 2 is 2.06 bits per heavy atom. The maximum absolute atomic E-state index is 12.2. The van der Waals surface area contributed by atoms with Crippen LogP contribution in [0.5, 0.6) is 0 Å². The van der Waals surface area contributed by atoms with Crippen LogP contribution < -0.4 is 5.56 Å². The highest BCUT2D eigenvalue weighted by Gasteiger charge is 2.30. The number of nitrogens with zero attached hydrogens (tertiary/aromatic N) is 2. The summed E-state index contributed by atoms with van der Waals surface area (Å²) in [6.45, 7) is 0. The van der Waals surface area contributed by atoms with E-state index in [0.717, 1.165) is 5.39 Å². The predicted molar refractivity (Wildman–Crippen MR) is 68.3 cm³/mol. The summed E-state index contributed by atoms with van der Waals surface area (Å²) in [4.78, 5) is 12.2. The third-order valence-corrected chi connectivity index (χ3v) is 5.03. The van der Waals surface area contributed by atoms with E-state index in [1.807, 2.05) is 12.1 Å². The summed E-state index contributed by atoms with van der Waals surface area (Å²) in [7, 11) is -3.01. The molecule has 1 aromatic heterocycles. The van der Waals surface area contributed by atoms with Gasteiger partial charge in [0.05, 0.1) is 29.1 Å². The van der Waals surface area contributed by atoms with E-state index in [4.69, 9.17) is 0 Å². The molecule has 0 aliphatic carbocycles. The molecular formula is C12H12N2O3S. The first-order chi connectivity index (χ1) is 8.57. The Bertz CT molecular complexity index is 764. The number of aromatic nitrogens is 2. The zero-order chi connectivity index (χ0) is 12.8. The summed E-state index contributed by atoms with van der Waals surface area (Å²) in [6.07, 6.45) is 2.08.